The van der Waals surface area contributed by atoms with E-state index >= 15 is 0 Å². The SMILES string of the molecule is COCCN1C[C@@H]2CN(C(=O)c3ncn(C)n3)C[C@@H]2C1=O. The summed E-state index contributed by atoms with van der Waals surface area (Å²) in [5.74, 6) is 0.250. The topological polar surface area (TPSA) is 80.6 Å². The molecule has 2 aliphatic heterocycles. The lowest BCUT2D eigenvalue weighted by Gasteiger charge is -2.20. The van der Waals surface area contributed by atoms with Crippen LogP contribution in [0.3, 0.4) is 0 Å². The molecule has 0 radical (unpaired) electrons. The fourth-order valence-electron chi connectivity index (χ4n) is 3.09. The van der Waals surface area contributed by atoms with Crippen molar-refractivity contribution in [2.45, 2.75) is 0 Å². The molecule has 2 amide bonds. The number of hydrogen-bond donors (Lipinski definition) is 0. The van der Waals surface area contributed by atoms with E-state index in [1.807, 2.05) is 4.90 Å². The monoisotopic (exact) mass is 293 g/mol. The third-order valence-electron chi connectivity index (χ3n) is 4.17. The van der Waals surface area contributed by atoms with Crippen molar-refractivity contribution in [1.29, 1.82) is 0 Å². The van der Waals surface area contributed by atoms with E-state index in [0.717, 1.165) is 0 Å². The smallest absolute Gasteiger partial charge is 0.293 e. The molecule has 2 fully saturated rings. The van der Waals surface area contributed by atoms with E-state index in [4.69, 9.17) is 4.74 Å². The highest BCUT2D eigenvalue weighted by Gasteiger charge is 2.47. The van der Waals surface area contributed by atoms with Crippen LogP contribution in [0.2, 0.25) is 0 Å². The Labute approximate surface area is 122 Å². The van der Waals surface area contributed by atoms with Crippen molar-refractivity contribution in [3.05, 3.63) is 12.2 Å². The molecule has 0 spiro atoms. The molecule has 8 heteroatoms. The molecule has 0 saturated carbocycles. The van der Waals surface area contributed by atoms with Crippen molar-refractivity contribution in [3.8, 4) is 0 Å². The van der Waals surface area contributed by atoms with Gasteiger partial charge in [0.05, 0.1) is 12.5 Å². The predicted molar refractivity (Wildman–Crippen MR) is 72.3 cm³/mol. The average Bonchev–Trinajstić information content (AvgIpc) is 3.13. The predicted octanol–water partition coefficient (Wildman–Crippen LogP) is -1.01. The molecule has 114 valence electrons. The van der Waals surface area contributed by atoms with Gasteiger partial charge in [-0.1, -0.05) is 0 Å². The number of likely N-dealkylation sites (tertiary alicyclic amines) is 2. The van der Waals surface area contributed by atoms with E-state index in [9.17, 15) is 9.59 Å². The normalized spacial score (nSPS) is 24.8. The van der Waals surface area contributed by atoms with Crippen LogP contribution in [0.1, 0.15) is 10.6 Å². The number of rotatable bonds is 4. The minimum absolute atomic E-state index is 0.0884. The molecule has 21 heavy (non-hydrogen) atoms. The van der Waals surface area contributed by atoms with Crippen molar-refractivity contribution >= 4 is 11.8 Å². The van der Waals surface area contributed by atoms with Crippen LogP contribution in [-0.4, -0.2) is 76.3 Å². The highest BCUT2D eigenvalue weighted by molar-refractivity contribution is 5.92. The number of ether oxygens (including phenoxy) is 1. The second kappa shape index (κ2) is 5.44. The second-order valence-corrected chi connectivity index (χ2v) is 5.60. The Bertz CT molecular complexity index is 558. The summed E-state index contributed by atoms with van der Waals surface area (Å²) in [6.07, 6.45) is 1.50. The van der Waals surface area contributed by atoms with Gasteiger partial charge >= 0.3 is 0 Å². The summed E-state index contributed by atoms with van der Waals surface area (Å²) in [6, 6.07) is 0. The summed E-state index contributed by atoms with van der Waals surface area (Å²) < 4.78 is 6.52. The Kier molecular flexibility index (Phi) is 3.62. The molecule has 8 nitrogen and oxygen atoms in total. The maximum atomic E-state index is 12.3. The summed E-state index contributed by atoms with van der Waals surface area (Å²) in [4.78, 5) is 32.1. The first-order chi connectivity index (χ1) is 10.1. The van der Waals surface area contributed by atoms with E-state index in [1.54, 1.807) is 19.1 Å². The summed E-state index contributed by atoms with van der Waals surface area (Å²) in [5, 5.41) is 4.03. The van der Waals surface area contributed by atoms with Crippen LogP contribution in [0, 0.1) is 11.8 Å². The Hall–Kier alpha value is -1.96. The number of amides is 2. The van der Waals surface area contributed by atoms with Crippen molar-refractivity contribution in [2.24, 2.45) is 18.9 Å². The van der Waals surface area contributed by atoms with Crippen LogP contribution in [0.15, 0.2) is 6.33 Å². The number of aromatic nitrogens is 3. The van der Waals surface area contributed by atoms with Gasteiger partial charge in [-0.15, -0.1) is 5.10 Å². The first-order valence-corrected chi connectivity index (χ1v) is 7.02. The molecular weight excluding hydrogens is 274 g/mol. The van der Waals surface area contributed by atoms with Crippen LogP contribution < -0.4 is 0 Å². The molecule has 3 heterocycles. The zero-order valence-electron chi connectivity index (χ0n) is 12.2. The summed E-state index contributed by atoms with van der Waals surface area (Å²) >= 11 is 0. The molecule has 1 aromatic heterocycles. The number of nitrogens with zero attached hydrogens (tertiary/aromatic N) is 5. The zero-order chi connectivity index (χ0) is 15.0. The van der Waals surface area contributed by atoms with Crippen LogP contribution >= 0.6 is 0 Å². The molecule has 1 aromatic rings. The lowest BCUT2D eigenvalue weighted by molar-refractivity contribution is -0.131. The van der Waals surface area contributed by atoms with Crippen molar-refractivity contribution < 1.29 is 14.3 Å². The van der Waals surface area contributed by atoms with Crippen LogP contribution in [0.5, 0.6) is 0 Å². The van der Waals surface area contributed by atoms with Crippen molar-refractivity contribution in [1.82, 2.24) is 24.6 Å². The first kappa shape index (κ1) is 14.0. The standard InChI is InChI=1S/C13H19N5O3/c1-16-8-14-11(15-16)13(20)18-6-9-5-17(3-4-21-2)12(19)10(9)7-18/h8-10H,3-7H2,1-2H3/t9-,10+/m1/s1. The molecule has 2 aliphatic rings. The number of methoxy groups -OCH3 is 1. The van der Waals surface area contributed by atoms with Crippen molar-refractivity contribution in [2.75, 3.05) is 39.9 Å². The van der Waals surface area contributed by atoms with Gasteiger partial charge in [0.25, 0.3) is 5.91 Å². The van der Waals surface area contributed by atoms with E-state index in [0.29, 0.717) is 32.8 Å². The van der Waals surface area contributed by atoms with Crippen molar-refractivity contribution in [3.63, 3.8) is 0 Å². The summed E-state index contributed by atoms with van der Waals surface area (Å²) in [5.41, 5.74) is 0. The summed E-state index contributed by atoms with van der Waals surface area (Å²) in [6.45, 7) is 2.93. The van der Waals surface area contributed by atoms with E-state index in [2.05, 4.69) is 10.1 Å². The van der Waals surface area contributed by atoms with Gasteiger partial charge in [0.2, 0.25) is 11.7 Å². The van der Waals surface area contributed by atoms with Gasteiger partial charge in [0.15, 0.2) is 0 Å². The fourth-order valence-corrected chi connectivity index (χ4v) is 3.09. The Balaban J connectivity index is 1.63. The zero-order valence-corrected chi connectivity index (χ0v) is 12.2. The molecule has 0 N–H and O–H groups in total. The first-order valence-electron chi connectivity index (χ1n) is 7.02. The van der Waals surface area contributed by atoms with Gasteiger partial charge in [0.1, 0.15) is 6.33 Å². The molecule has 0 aromatic carbocycles. The van der Waals surface area contributed by atoms with Gasteiger partial charge in [-0.05, 0) is 0 Å². The van der Waals surface area contributed by atoms with Gasteiger partial charge in [0, 0.05) is 46.3 Å². The second-order valence-electron chi connectivity index (χ2n) is 5.60. The molecule has 2 saturated heterocycles. The lowest BCUT2D eigenvalue weighted by atomic mass is 10.0. The number of carbonyl (C=O) groups is 2. The lowest BCUT2D eigenvalue weighted by Crippen LogP contribution is -2.37. The molecule has 2 atom stereocenters. The van der Waals surface area contributed by atoms with Gasteiger partial charge < -0.3 is 14.5 Å². The number of fused-ring (bicyclic) bond motifs is 1. The van der Waals surface area contributed by atoms with E-state index in [1.165, 1.54) is 11.0 Å². The Morgan fingerprint density at radius 3 is 2.86 bits per heavy atom. The third-order valence-corrected chi connectivity index (χ3v) is 4.17. The van der Waals surface area contributed by atoms with E-state index in [-0.39, 0.29) is 29.5 Å². The maximum Gasteiger partial charge on any atom is 0.293 e. The highest BCUT2D eigenvalue weighted by Crippen LogP contribution is 2.32. The highest BCUT2D eigenvalue weighted by atomic mass is 16.5. The molecule has 0 unspecified atom stereocenters. The van der Waals surface area contributed by atoms with Gasteiger partial charge in [-0.25, -0.2) is 4.98 Å². The van der Waals surface area contributed by atoms with Crippen LogP contribution in [-0.2, 0) is 16.6 Å². The van der Waals surface area contributed by atoms with Gasteiger partial charge in [-0.2, -0.15) is 0 Å². The number of hydrogen-bond acceptors (Lipinski definition) is 5. The molecule has 0 bridgehead atoms. The Morgan fingerprint density at radius 1 is 1.43 bits per heavy atom. The average molecular weight is 293 g/mol. The fraction of sp³-hybridized carbons (Fsp3) is 0.692. The number of carbonyl (C=O) groups excluding carboxylic acids is 2. The molecular formula is C13H19N5O3. The van der Waals surface area contributed by atoms with Crippen LogP contribution in [0.4, 0.5) is 0 Å². The van der Waals surface area contributed by atoms with E-state index < -0.39 is 0 Å². The van der Waals surface area contributed by atoms with Gasteiger partial charge in [-0.3, -0.25) is 14.3 Å². The molecule has 3 rings (SSSR count). The third kappa shape index (κ3) is 2.51. The Morgan fingerprint density at radius 2 is 2.24 bits per heavy atom. The minimum atomic E-state index is -0.193. The number of aryl methyl sites for hydroxylation is 1. The summed E-state index contributed by atoms with van der Waals surface area (Å²) in [7, 11) is 3.35. The minimum Gasteiger partial charge on any atom is -0.383 e. The largest absolute Gasteiger partial charge is 0.383 e. The van der Waals surface area contributed by atoms with Crippen LogP contribution in [0.25, 0.3) is 0 Å². The molecule has 0 aliphatic carbocycles. The maximum absolute atomic E-state index is 12.3. The quantitative estimate of drug-likeness (QED) is 0.711.